The van der Waals surface area contributed by atoms with Crippen molar-refractivity contribution in [3.05, 3.63) is 35.9 Å². The summed E-state index contributed by atoms with van der Waals surface area (Å²) >= 11 is 0. The molecule has 1 aliphatic rings. The summed E-state index contributed by atoms with van der Waals surface area (Å²) in [5, 5.41) is 1.68. The van der Waals surface area contributed by atoms with E-state index >= 15 is 0 Å². The normalized spacial score (nSPS) is 24.2. The third kappa shape index (κ3) is 5.78. The minimum atomic E-state index is -1.59. The Morgan fingerprint density at radius 1 is 1.20 bits per heavy atom. The molecule has 2 unspecified atom stereocenters. The van der Waals surface area contributed by atoms with E-state index in [2.05, 4.69) is 6.92 Å². The van der Waals surface area contributed by atoms with Gasteiger partial charge in [-0.2, -0.15) is 4.89 Å². The molecule has 2 atom stereocenters. The lowest BCUT2D eigenvalue weighted by Crippen LogP contribution is -2.56. The zero-order valence-electron chi connectivity index (χ0n) is 15.4. The molecule has 1 heterocycles. The SMILES string of the molecule is CCCCCCCC1OOC(C)(C(=O)OC)ON1Cc1ccccc1. The largest absolute Gasteiger partial charge is 0.465 e. The second kappa shape index (κ2) is 9.87. The van der Waals surface area contributed by atoms with Crippen LogP contribution in [-0.4, -0.2) is 30.2 Å². The van der Waals surface area contributed by atoms with Gasteiger partial charge in [-0.25, -0.2) is 14.5 Å². The maximum Gasteiger partial charge on any atom is 0.370 e. The van der Waals surface area contributed by atoms with Gasteiger partial charge in [-0.05, 0) is 18.4 Å². The van der Waals surface area contributed by atoms with Gasteiger partial charge in [0.1, 0.15) is 0 Å². The lowest BCUT2D eigenvalue weighted by atomic mass is 10.1. The van der Waals surface area contributed by atoms with Crippen LogP contribution in [0.2, 0.25) is 0 Å². The van der Waals surface area contributed by atoms with Gasteiger partial charge in [0.25, 0.3) is 0 Å². The van der Waals surface area contributed by atoms with Crippen LogP contribution in [0.1, 0.15) is 57.9 Å². The predicted molar refractivity (Wildman–Crippen MR) is 92.8 cm³/mol. The first-order valence-corrected chi connectivity index (χ1v) is 9.01. The average molecular weight is 351 g/mol. The van der Waals surface area contributed by atoms with E-state index < -0.39 is 11.8 Å². The number of hydroxylamine groups is 2. The smallest absolute Gasteiger partial charge is 0.370 e. The van der Waals surface area contributed by atoms with E-state index in [1.165, 1.54) is 33.3 Å². The summed E-state index contributed by atoms with van der Waals surface area (Å²) in [6, 6.07) is 9.91. The number of rotatable bonds is 9. The van der Waals surface area contributed by atoms with Gasteiger partial charge in [0.2, 0.25) is 0 Å². The Balaban J connectivity index is 2.00. The molecular weight excluding hydrogens is 322 g/mol. The van der Waals surface area contributed by atoms with E-state index in [0.717, 1.165) is 24.8 Å². The topological polar surface area (TPSA) is 57.2 Å². The molecule has 0 aromatic heterocycles. The van der Waals surface area contributed by atoms with E-state index in [4.69, 9.17) is 19.3 Å². The first-order valence-electron chi connectivity index (χ1n) is 9.01. The fourth-order valence-corrected chi connectivity index (χ4v) is 2.76. The quantitative estimate of drug-likeness (QED) is 0.381. The number of methoxy groups -OCH3 is 1. The number of ether oxygens (including phenoxy) is 1. The van der Waals surface area contributed by atoms with Crippen LogP contribution in [0.4, 0.5) is 0 Å². The molecule has 0 N–H and O–H groups in total. The maximum absolute atomic E-state index is 11.9. The van der Waals surface area contributed by atoms with Crippen molar-refractivity contribution < 1.29 is 24.1 Å². The Morgan fingerprint density at radius 2 is 1.92 bits per heavy atom. The fourth-order valence-electron chi connectivity index (χ4n) is 2.76. The number of esters is 1. The van der Waals surface area contributed by atoms with Crippen LogP contribution in [0.25, 0.3) is 0 Å². The number of benzene rings is 1. The monoisotopic (exact) mass is 351 g/mol. The van der Waals surface area contributed by atoms with Crippen LogP contribution in [0.3, 0.4) is 0 Å². The highest BCUT2D eigenvalue weighted by Crippen LogP contribution is 2.29. The van der Waals surface area contributed by atoms with E-state index in [9.17, 15) is 4.79 Å². The van der Waals surface area contributed by atoms with E-state index in [1.54, 1.807) is 5.06 Å². The standard InChI is InChI=1S/C19H29NO5/c1-4-5-6-7-11-14-17-20(15-16-12-9-8-10-13-16)24-19(2,25-23-17)18(21)22-3/h8-10,12-13,17H,4-7,11,14-15H2,1-3H3. The molecule has 0 bridgehead atoms. The first kappa shape index (κ1) is 19.8. The Bertz CT molecular complexity index is 524. The maximum atomic E-state index is 11.9. The molecule has 0 radical (unpaired) electrons. The van der Waals surface area contributed by atoms with Gasteiger partial charge in [0.15, 0.2) is 6.23 Å². The van der Waals surface area contributed by atoms with Crippen molar-refractivity contribution in [3.8, 4) is 0 Å². The minimum absolute atomic E-state index is 0.362. The van der Waals surface area contributed by atoms with Crippen molar-refractivity contribution >= 4 is 5.97 Å². The fraction of sp³-hybridized carbons (Fsp3) is 0.632. The van der Waals surface area contributed by atoms with E-state index in [1.807, 2.05) is 30.3 Å². The van der Waals surface area contributed by atoms with Crippen molar-refractivity contribution in [2.45, 2.75) is 70.9 Å². The molecule has 1 aromatic carbocycles. The Morgan fingerprint density at radius 3 is 2.60 bits per heavy atom. The first-order chi connectivity index (χ1) is 12.1. The summed E-state index contributed by atoms with van der Waals surface area (Å²) < 4.78 is 4.76. The van der Waals surface area contributed by atoms with Crippen LogP contribution in [0.5, 0.6) is 0 Å². The van der Waals surface area contributed by atoms with Crippen LogP contribution < -0.4 is 0 Å². The molecular formula is C19H29NO5. The third-order valence-corrected chi connectivity index (χ3v) is 4.22. The van der Waals surface area contributed by atoms with Crippen molar-refractivity contribution in [3.63, 3.8) is 0 Å². The summed E-state index contributed by atoms with van der Waals surface area (Å²) in [6.45, 7) is 4.19. The Kier molecular flexibility index (Phi) is 7.84. The zero-order chi connectivity index (χ0) is 18.1. The predicted octanol–water partition coefficient (Wildman–Crippen LogP) is 3.96. The van der Waals surface area contributed by atoms with Crippen LogP contribution >= 0.6 is 0 Å². The molecule has 2 rings (SSSR count). The Labute approximate surface area is 149 Å². The third-order valence-electron chi connectivity index (χ3n) is 4.22. The highest BCUT2D eigenvalue weighted by molar-refractivity contribution is 5.77. The molecule has 0 spiro atoms. The van der Waals surface area contributed by atoms with Gasteiger partial charge in [-0.15, -0.1) is 5.06 Å². The summed E-state index contributed by atoms with van der Waals surface area (Å²) in [5.41, 5.74) is 1.07. The minimum Gasteiger partial charge on any atom is -0.465 e. The molecule has 1 aromatic rings. The molecule has 1 aliphatic heterocycles. The molecule has 1 fully saturated rings. The molecule has 0 amide bonds. The number of hydrogen-bond donors (Lipinski definition) is 0. The summed E-state index contributed by atoms with van der Waals surface area (Å²) in [6.07, 6.45) is 6.23. The summed E-state index contributed by atoms with van der Waals surface area (Å²) in [7, 11) is 1.29. The second-order valence-electron chi connectivity index (χ2n) is 6.43. The number of carbonyl (C=O) groups is 1. The van der Waals surface area contributed by atoms with Crippen LogP contribution in [-0.2, 0) is 30.7 Å². The molecule has 6 heteroatoms. The molecule has 1 saturated heterocycles. The molecule has 140 valence electrons. The highest BCUT2D eigenvalue weighted by atomic mass is 17.3. The van der Waals surface area contributed by atoms with Crippen molar-refractivity contribution in [2.24, 2.45) is 0 Å². The molecule has 25 heavy (non-hydrogen) atoms. The van der Waals surface area contributed by atoms with Crippen LogP contribution in [0.15, 0.2) is 30.3 Å². The summed E-state index contributed by atoms with van der Waals surface area (Å²) in [5.74, 6) is -2.23. The average Bonchev–Trinajstić information content (AvgIpc) is 2.63. The van der Waals surface area contributed by atoms with Crippen molar-refractivity contribution in [1.82, 2.24) is 5.06 Å². The van der Waals surface area contributed by atoms with E-state index in [0.29, 0.717) is 6.54 Å². The molecule has 0 aliphatic carbocycles. The van der Waals surface area contributed by atoms with Gasteiger partial charge in [-0.3, -0.25) is 0 Å². The van der Waals surface area contributed by atoms with E-state index in [-0.39, 0.29) is 6.23 Å². The van der Waals surface area contributed by atoms with Crippen molar-refractivity contribution in [1.29, 1.82) is 0 Å². The highest BCUT2D eigenvalue weighted by Gasteiger charge is 2.47. The van der Waals surface area contributed by atoms with Crippen molar-refractivity contribution in [2.75, 3.05) is 7.11 Å². The second-order valence-corrected chi connectivity index (χ2v) is 6.43. The lowest BCUT2D eigenvalue weighted by molar-refractivity contribution is -0.551. The van der Waals surface area contributed by atoms with Gasteiger partial charge >= 0.3 is 11.8 Å². The Hall–Kier alpha value is -1.47. The number of nitrogens with zero attached hydrogens (tertiary/aromatic N) is 1. The number of unbranched alkanes of at least 4 members (excludes halogenated alkanes) is 4. The summed E-state index contributed by atoms with van der Waals surface area (Å²) in [4.78, 5) is 28.5. The van der Waals surface area contributed by atoms with Gasteiger partial charge < -0.3 is 4.74 Å². The molecule has 6 nitrogen and oxygen atoms in total. The van der Waals surface area contributed by atoms with Gasteiger partial charge in [0.05, 0.1) is 13.7 Å². The lowest BCUT2D eigenvalue weighted by Gasteiger charge is -2.41. The number of carbonyl (C=O) groups excluding carboxylic acids is 1. The van der Waals surface area contributed by atoms with Gasteiger partial charge in [-0.1, -0.05) is 62.9 Å². The van der Waals surface area contributed by atoms with Gasteiger partial charge in [0, 0.05) is 6.92 Å². The number of hydrogen-bond acceptors (Lipinski definition) is 6. The zero-order valence-corrected chi connectivity index (χ0v) is 15.4. The molecule has 0 saturated carbocycles. The van der Waals surface area contributed by atoms with Crippen LogP contribution in [0, 0.1) is 0 Å².